The van der Waals surface area contributed by atoms with Crippen molar-refractivity contribution < 1.29 is 40.6 Å². The zero-order chi connectivity index (χ0) is 26.1. The molecule has 1 aromatic carbocycles. The maximum absolute atomic E-state index is 12.8. The number of hydrogen-bond donors (Lipinski definition) is 0. The molecule has 0 bridgehead atoms. The first-order chi connectivity index (χ1) is 16.9. The van der Waals surface area contributed by atoms with E-state index < -0.39 is 24.5 Å². The first-order valence-electron chi connectivity index (χ1n) is 11.8. The van der Waals surface area contributed by atoms with E-state index in [-0.39, 0.29) is 18.5 Å². The van der Waals surface area contributed by atoms with Gasteiger partial charge in [-0.1, -0.05) is 17.7 Å². The maximum Gasteiger partial charge on any atom is 0.434 e. The van der Waals surface area contributed by atoms with E-state index in [1.807, 2.05) is 18.2 Å². The molecular formula is C23H28ClF6N3O3. The van der Waals surface area contributed by atoms with Gasteiger partial charge in [0.1, 0.15) is 0 Å². The molecule has 202 valence electrons. The summed E-state index contributed by atoms with van der Waals surface area (Å²) in [7, 11) is 0. The van der Waals surface area contributed by atoms with Crippen molar-refractivity contribution in [1.29, 1.82) is 0 Å². The molecule has 3 aliphatic rings. The molecular weight excluding hydrogens is 516 g/mol. The first-order valence-corrected chi connectivity index (χ1v) is 12.2. The van der Waals surface area contributed by atoms with Crippen molar-refractivity contribution in [3.8, 4) is 0 Å². The van der Waals surface area contributed by atoms with E-state index in [1.54, 1.807) is 0 Å². The summed E-state index contributed by atoms with van der Waals surface area (Å²) in [5.41, 5.74) is 1.85. The van der Waals surface area contributed by atoms with Crippen LogP contribution in [0.25, 0.3) is 0 Å². The van der Waals surface area contributed by atoms with E-state index in [9.17, 15) is 31.1 Å². The number of morpholine rings is 1. The average Bonchev–Trinajstić information content (AvgIpc) is 3.23. The van der Waals surface area contributed by atoms with Crippen molar-refractivity contribution >= 4 is 23.4 Å². The molecule has 13 heteroatoms. The minimum Gasteiger partial charge on any atom is -0.426 e. The van der Waals surface area contributed by atoms with Gasteiger partial charge >= 0.3 is 18.4 Å². The topological polar surface area (TPSA) is 45.2 Å². The van der Waals surface area contributed by atoms with Gasteiger partial charge in [0.25, 0.3) is 6.10 Å². The number of halogens is 7. The summed E-state index contributed by atoms with van der Waals surface area (Å²) >= 11 is 6.24. The average molecular weight is 544 g/mol. The number of rotatable bonds is 4. The lowest BCUT2D eigenvalue weighted by Crippen LogP contribution is -2.48. The fourth-order valence-electron chi connectivity index (χ4n) is 5.19. The Hall–Kier alpha value is -1.92. The summed E-state index contributed by atoms with van der Waals surface area (Å²) in [6.07, 6.45) is -15.3. The van der Waals surface area contributed by atoms with Gasteiger partial charge in [-0.05, 0) is 55.5 Å². The van der Waals surface area contributed by atoms with Crippen LogP contribution >= 0.6 is 11.6 Å². The van der Waals surface area contributed by atoms with Crippen LogP contribution in [0.4, 0.5) is 36.8 Å². The number of carbonyl (C=O) groups excluding carboxylic acids is 1. The molecule has 0 atom stereocenters. The Morgan fingerprint density at radius 2 is 1.61 bits per heavy atom. The molecule has 1 spiro atoms. The summed E-state index contributed by atoms with van der Waals surface area (Å²) in [5, 5.41) is 0.647. The van der Waals surface area contributed by atoms with Crippen LogP contribution in [0.3, 0.4) is 0 Å². The van der Waals surface area contributed by atoms with Crippen molar-refractivity contribution in [1.82, 2.24) is 9.80 Å². The lowest BCUT2D eigenvalue weighted by molar-refractivity contribution is -0.308. The zero-order valence-corrected chi connectivity index (χ0v) is 20.3. The van der Waals surface area contributed by atoms with Crippen LogP contribution < -0.4 is 4.90 Å². The molecule has 4 rings (SSSR count). The number of likely N-dealkylation sites (tertiary alicyclic amines) is 2. The molecule has 0 saturated carbocycles. The summed E-state index contributed by atoms with van der Waals surface area (Å²) in [6, 6.07) is 5.80. The minimum atomic E-state index is -5.72. The van der Waals surface area contributed by atoms with Crippen molar-refractivity contribution in [2.75, 3.05) is 57.4 Å². The molecule has 3 aliphatic heterocycles. The van der Waals surface area contributed by atoms with Gasteiger partial charge < -0.3 is 19.3 Å². The number of hydrogen-bond acceptors (Lipinski definition) is 5. The number of alkyl halides is 6. The lowest BCUT2D eigenvalue weighted by Gasteiger charge is -2.40. The van der Waals surface area contributed by atoms with Crippen LogP contribution in [-0.2, 0) is 16.0 Å². The molecule has 1 amide bonds. The van der Waals surface area contributed by atoms with Gasteiger partial charge in [-0.25, -0.2) is 4.79 Å². The van der Waals surface area contributed by atoms with Crippen molar-refractivity contribution in [2.24, 2.45) is 5.41 Å². The van der Waals surface area contributed by atoms with Gasteiger partial charge in [0, 0.05) is 43.4 Å². The molecule has 36 heavy (non-hydrogen) atoms. The number of piperidine rings is 1. The van der Waals surface area contributed by atoms with Crippen LogP contribution in [0.5, 0.6) is 0 Å². The Bertz CT molecular complexity index is 917. The highest BCUT2D eigenvalue weighted by molar-refractivity contribution is 6.30. The van der Waals surface area contributed by atoms with E-state index in [2.05, 4.69) is 14.5 Å². The second-order valence-electron chi connectivity index (χ2n) is 9.67. The molecule has 3 saturated heterocycles. The maximum atomic E-state index is 12.8. The molecule has 0 N–H and O–H groups in total. The van der Waals surface area contributed by atoms with E-state index in [0.717, 1.165) is 29.2 Å². The Morgan fingerprint density at radius 3 is 2.22 bits per heavy atom. The minimum absolute atomic E-state index is 0.0691. The summed E-state index contributed by atoms with van der Waals surface area (Å²) in [5.74, 6) is 0. The Morgan fingerprint density at radius 1 is 1.00 bits per heavy atom. The van der Waals surface area contributed by atoms with Crippen LogP contribution in [0.15, 0.2) is 18.2 Å². The lowest BCUT2D eigenvalue weighted by atomic mass is 9.77. The fraction of sp³-hybridized carbons (Fsp3) is 0.696. The fourth-order valence-corrected chi connectivity index (χ4v) is 5.36. The van der Waals surface area contributed by atoms with E-state index >= 15 is 0 Å². The molecule has 6 nitrogen and oxygen atoms in total. The second kappa shape index (κ2) is 10.4. The Kier molecular flexibility index (Phi) is 7.87. The number of carbonyl (C=O) groups is 1. The number of benzene rings is 1. The van der Waals surface area contributed by atoms with E-state index in [0.29, 0.717) is 57.1 Å². The number of anilines is 1. The third kappa shape index (κ3) is 6.31. The predicted octanol–water partition coefficient (Wildman–Crippen LogP) is 5.09. The van der Waals surface area contributed by atoms with Gasteiger partial charge in [0.05, 0.1) is 13.2 Å². The molecule has 1 aromatic rings. The van der Waals surface area contributed by atoms with Crippen molar-refractivity contribution in [3.63, 3.8) is 0 Å². The number of ether oxygens (including phenoxy) is 2. The summed E-state index contributed by atoms with van der Waals surface area (Å²) in [6.45, 7) is 5.06. The standard InChI is InChI=1S/C23H28ClF6N3O3/c24-17-2-1-16(18(13-17)32-9-11-35-12-10-32)14-31-6-3-21(4-7-31)5-8-33(15-21)20(34)36-19(22(25,26)27)23(28,29)30/h1-2,13,19H,3-12,14-15H2. The highest BCUT2D eigenvalue weighted by Gasteiger charge is 2.60. The molecule has 0 unspecified atom stereocenters. The molecule has 0 radical (unpaired) electrons. The van der Waals surface area contributed by atoms with Gasteiger partial charge in [-0.3, -0.25) is 4.90 Å². The molecule has 3 fully saturated rings. The summed E-state index contributed by atoms with van der Waals surface area (Å²) in [4.78, 5) is 17.6. The SMILES string of the molecule is O=C(OC(C(F)(F)F)C(F)(F)F)N1CCC2(CCN(Cc3ccc(Cl)cc3N3CCOCC3)CC2)C1. The normalized spacial score (nSPS) is 21.4. The van der Waals surface area contributed by atoms with Gasteiger partial charge in [-0.15, -0.1) is 0 Å². The van der Waals surface area contributed by atoms with Crippen molar-refractivity contribution in [3.05, 3.63) is 28.8 Å². The largest absolute Gasteiger partial charge is 0.434 e. The van der Waals surface area contributed by atoms with Gasteiger partial charge in [-0.2, -0.15) is 26.3 Å². The van der Waals surface area contributed by atoms with Crippen LogP contribution in [0.2, 0.25) is 5.02 Å². The molecule has 0 aliphatic carbocycles. The van der Waals surface area contributed by atoms with Crippen molar-refractivity contribution in [2.45, 2.75) is 44.3 Å². The van der Waals surface area contributed by atoms with Crippen LogP contribution in [-0.4, -0.2) is 86.8 Å². The van der Waals surface area contributed by atoms with Gasteiger partial charge in [0.15, 0.2) is 0 Å². The number of nitrogens with zero attached hydrogens (tertiary/aromatic N) is 3. The van der Waals surface area contributed by atoms with E-state index in [1.165, 1.54) is 0 Å². The van der Waals surface area contributed by atoms with Gasteiger partial charge in [0.2, 0.25) is 0 Å². The third-order valence-corrected chi connectivity index (χ3v) is 7.45. The van der Waals surface area contributed by atoms with Crippen LogP contribution in [0.1, 0.15) is 24.8 Å². The smallest absolute Gasteiger partial charge is 0.426 e. The molecule has 0 aromatic heterocycles. The predicted molar refractivity (Wildman–Crippen MR) is 120 cm³/mol. The van der Waals surface area contributed by atoms with E-state index in [4.69, 9.17) is 16.3 Å². The number of amides is 1. The summed E-state index contributed by atoms with van der Waals surface area (Å²) < 4.78 is 85.9. The third-order valence-electron chi connectivity index (χ3n) is 7.22. The zero-order valence-electron chi connectivity index (χ0n) is 19.5. The monoisotopic (exact) mass is 543 g/mol. The molecule has 3 heterocycles. The first kappa shape index (κ1) is 27.1. The van der Waals surface area contributed by atoms with Crippen LogP contribution in [0, 0.1) is 5.41 Å². The highest BCUT2D eigenvalue weighted by Crippen LogP contribution is 2.42. The Balaban J connectivity index is 1.34. The Labute approximate surface area is 210 Å². The second-order valence-corrected chi connectivity index (χ2v) is 10.1. The highest BCUT2D eigenvalue weighted by atomic mass is 35.5. The quantitative estimate of drug-likeness (QED) is 0.495.